The van der Waals surface area contributed by atoms with Crippen LogP contribution in [-0.4, -0.2) is 37.8 Å². The van der Waals surface area contributed by atoms with E-state index >= 15 is 0 Å². The Morgan fingerprint density at radius 1 is 1.05 bits per heavy atom. The number of aliphatic hydroxyl groups is 1. The van der Waals surface area contributed by atoms with Crippen molar-refractivity contribution < 1.29 is 19.4 Å². The molecule has 0 spiro atoms. The number of carbonyl (C=O) groups excluding carboxylic acids is 2. The van der Waals surface area contributed by atoms with E-state index in [0.717, 1.165) is 34.2 Å². The number of hydrogen-bond donors (Lipinski definition) is 1. The van der Waals surface area contributed by atoms with Crippen LogP contribution in [0.25, 0.3) is 21.6 Å². The largest absolute Gasteiger partial charge is 0.505 e. The number of ether oxygens (including phenoxy) is 1. The molecule has 0 saturated carbocycles. The Hall–Kier alpha value is -4.50. The topological polar surface area (TPSA) is 97.0 Å². The summed E-state index contributed by atoms with van der Waals surface area (Å²) in [6.45, 7) is 8.41. The van der Waals surface area contributed by atoms with Crippen LogP contribution < -0.4 is 9.64 Å². The third-order valence-electron chi connectivity index (χ3n) is 7.34. The van der Waals surface area contributed by atoms with E-state index in [9.17, 15) is 14.7 Å². The highest BCUT2D eigenvalue weighted by atomic mass is 32.1. The monoisotopic (exact) mass is 566 g/mol. The zero-order valence-electron chi connectivity index (χ0n) is 23.3. The van der Waals surface area contributed by atoms with Crippen molar-refractivity contribution in [3.63, 3.8) is 0 Å². The number of aliphatic hydroxyl groups excluding tert-OH is 1. The normalized spacial score (nSPS) is 16.8. The third kappa shape index (κ3) is 4.56. The van der Waals surface area contributed by atoms with Gasteiger partial charge in [-0.2, -0.15) is 0 Å². The summed E-state index contributed by atoms with van der Waals surface area (Å²) in [5.74, 6) is -1.17. The number of aryl methyl sites for hydroxylation is 3. The van der Waals surface area contributed by atoms with Crippen LogP contribution in [0.5, 0.6) is 5.75 Å². The maximum absolute atomic E-state index is 13.8. The summed E-state index contributed by atoms with van der Waals surface area (Å²) in [4.78, 5) is 38.4. The van der Waals surface area contributed by atoms with E-state index in [2.05, 4.69) is 11.9 Å². The molecule has 6 rings (SSSR count). The lowest BCUT2D eigenvalue weighted by atomic mass is 9.96. The van der Waals surface area contributed by atoms with E-state index in [0.29, 0.717) is 40.1 Å². The maximum atomic E-state index is 13.8. The molecule has 1 fully saturated rings. The van der Waals surface area contributed by atoms with Gasteiger partial charge in [0.05, 0.1) is 34.1 Å². The second-order valence-corrected chi connectivity index (χ2v) is 11.4. The summed E-state index contributed by atoms with van der Waals surface area (Å²) in [6.07, 6.45) is 3.67. The van der Waals surface area contributed by atoms with Crippen LogP contribution in [0, 0.1) is 20.8 Å². The van der Waals surface area contributed by atoms with Gasteiger partial charge in [0.15, 0.2) is 10.9 Å². The Morgan fingerprint density at radius 3 is 2.68 bits per heavy atom. The van der Waals surface area contributed by atoms with E-state index in [1.807, 2.05) is 68.4 Å². The SMILES string of the molecule is CCCCOc1cccc(C2C(=C(O)c3c(C)nc4ccccn34)C(=O)C(=O)N2c2nc3c(C)cc(C)cc3s2)c1. The Balaban J connectivity index is 1.57. The van der Waals surface area contributed by atoms with E-state index in [1.54, 1.807) is 17.5 Å². The molecule has 0 aliphatic carbocycles. The van der Waals surface area contributed by atoms with Crippen LogP contribution in [0.1, 0.15) is 53.9 Å². The molecule has 1 unspecified atom stereocenters. The van der Waals surface area contributed by atoms with Crippen LogP contribution in [0.3, 0.4) is 0 Å². The molecule has 1 amide bonds. The lowest BCUT2D eigenvalue weighted by Crippen LogP contribution is -2.29. The van der Waals surface area contributed by atoms with Gasteiger partial charge >= 0.3 is 5.91 Å². The number of rotatable bonds is 7. The van der Waals surface area contributed by atoms with Crippen molar-refractivity contribution in [1.29, 1.82) is 0 Å². The van der Waals surface area contributed by atoms with Crippen LogP contribution in [-0.2, 0) is 9.59 Å². The predicted molar refractivity (Wildman–Crippen MR) is 161 cm³/mol. The highest BCUT2D eigenvalue weighted by Gasteiger charge is 2.48. The van der Waals surface area contributed by atoms with Crippen LogP contribution in [0.4, 0.5) is 5.13 Å². The standard InChI is InChI=1S/C32H30N4O4S/c1-5-6-14-40-22-11-9-10-21(17-22)28-25(29(37)27-20(4)33-24-12-7-8-13-35(24)27)30(38)31(39)36(28)32-34-26-19(3)15-18(2)16-23(26)41-32/h7-13,15-17,28,37H,5-6,14H2,1-4H3. The van der Waals surface area contributed by atoms with Gasteiger partial charge in [0.25, 0.3) is 5.78 Å². The fraction of sp³-hybridized carbons (Fsp3) is 0.250. The van der Waals surface area contributed by atoms with Crippen molar-refractivity contribution in [1.82, 2.24) is 14.4 Å². The van der Waals surface area contributed by atoms with E-state index in [1.165, 1.54) is 16.2 Å². The molecular weight excluding hydrogens is 536 g/mol. The van der Waals surface area contributed by atoms with E-state index < -0.39 is 17.7 Å². The molecule has 208 valence electrons. The fourth-order valence-corrected chi connectivity index (χ4v) is 6.61. The van der Waals surface area contributed by atoms with Gasteiger partial charge in [0, 0.05) is 6.20 Å². The van der Waals surface area contributed by atoms with Crippen molar-refractivity contribution in [3.8, 4) is 5.75 Å². The average Bonchev–Trinajstić information content (AvgIpc) is 3.60. The number of fused-ring (bicyclic) bond motifs is 2. The Morgan fingerprint density at radius 2 is 1.88 bits per heavy atom. The molecule has 3 aromatic heterocycles. The van der Waals surface area contributed by atoms with Gasteiger partial charge in [0.1, 0.15) is 17.1 Å². The number of imidazole rings is 1. The molecule has 8 nitrogen and oxygen atoms in total. The van der Waals surface area contributed by atoms with Crippen LogP contribution in [0.15, 0.2) is 66.4 Å². The highest BCUT2D eigenvalue weighted by Crippen LogP contribution is 2.45. The van der Waals surface area contributed by atoms with Gasteiger partial charge in [-0.3, -0.25) is 18.9 Å². The van der Waals surface area contributed by atoms with E-state index in [4.69, 9.17) is 9.72 Å². The summed E-state index contributed by atoms with van der Waals surface area (Å²) < 4.78 is 8.62. The summed E-state index contributed by atoms with van der Waals surface area (Å²) in [5.41, 5.74) is 5.02. The maximum Gasteiger partial charge on any atom is 0.301 e. The third-order valence-corrected chi connectivity index (χ3v) is 8.34. The molecule has 1 saturated heterocycles. The number of amides is 1. The summed E-state index contributed by atoms with van der Waals surface area (Å²) in [6, 6.07) is 16.0. The summed E-state index contributed by atoms with van der Waals surface area (Å²) in [7, 11) is 0. The number of ketones is 1. The number of Topliss-reactive ketones (excluding diaryl/α,β-unsaturated/α-hetero) is 1. The minimum Gasteiger partial charge on any atom is -0.505 e. The molecule has 4 heterocycles. The number of thiazole rings is 1. The first-order valence-electron chi connectivity index (χ1n) is 13.6. The Kier molecular flexibility index (Phi) is 6.83. The first-order chi connectivity index (χ1) is 19.8. The van der Waals surface area contributed by atoms with Gasteiger partial charge in [-0.15, -0.1) is 0 Å². The number of anilines is 1. The number of nitrogens with zero attached hydrogens (tertiary/aromatic N) is 4. The number of carbonyl (C=O) groups is 2. The Labute approximate surface area is 241 Å². The number of aromatic nitrogens is 3. The first kappa shape index (κ1) is 26.7. The quantitative estimate of drug-likeness (QED) is 0.102. The summed E-state index contributed by atoms with van der Waals surface area (Å²) >= 11 is 1.35. The van der Waals surface area contributed by atoms with E-state index in [-0.39, 0.29) is 11.3 Å². The smallest absolute Gasteiger partial charge is 0.301 e. The molecule has 9 heteroatoms. The molecule has 5 aromatic rings. The lowest BCUT2D eigenvalue weighted by molar-refractivity contribution is -0.132. The summed E-state index contributed by atoms with van der Waals surface area (Å²) in [5, 5.41) is 12.2. The molecule has 1 aliphatic rings. The van der Waals surface area contributed by atoms with Crippen molar-refractivity contribution in [2.75, 3.05) is 11.5 Å². The van der Waals surface area contributed by atoms with Crippen molar-refractivity contribution >= 4 is 49.8 Å². The second kappa shape index (κ2) is 10.5. The highest BCUT2D eigenvalue weighted by molar-refractivity contribution is 7.22. The number of pyridine rings is 1. The van der Waals surface area contributed by atoms with Crippen molar-refractivity contribution in [3.05, 3.63) is 94.4 Å². The minimum absolute atomic E-state index is 0.0124. The molecule has 0 radical (unpaired) electrons. The molecule has 2 aromatic carbocycles. The fourth-order valence-electron chi connectivity index (χ4n) is 5.44. The first-order valence-corrected chi connectivity index (χ1v) is 14.5. The van der Waals surface area contributed by atoms with Crippen molar-refractivity contribution in [2.24, 2.45) is 0 Å². The minimum atomic E-state index is -0.916. The zero-order valence-corrected chi connectivity index (χ0v) is 24.2. The average molecular weight is 567 g/mol. The van der Waals surface area contributed by atoms with Gasteiger partial charge in [0.2, 0.25) is 0 Å². The van der Waals surface area contributed by atoms with Gasteiger partial charge in [-0.25, -0.2) is 9.97 Å². The predicted octanol–water partition coefficient (Wildman–Crippen LogP) is 6.67. The Bertz CT molecular complexity index is 1870. The molecule has 1 N–H and O–H groups in total. The number of unbranched alkanes of at least 4 members (excludes halogenated alkanes) is 1. The van der Waals surface area contributed by atoms with Crippen LogP contribution in [0.2, 0.25) is 0 Å². The molecule has 1 aliphatic heterocycles. The lowest BCUT2D eigenvalue weighted by Gasteiger charge is -2.23. The number of benzene rings is 2. The molecule has 41 heavy (non-hydrogen) atoms. The molecule has 0 bridgehead atoms. The van der Waals surface area contributed by atoms with Crippen molar-refractivity contribution in [2.45, 2.75) is 46.6 Å². The molecular formula is C32H30N4O4S. The molecule has 1 atom stereocenters. The van der Waals surface area contributed by atoms with Gasteiger partial charge in [-0.05, 0) is 74.2 Å². The van der Waals surface area contributed by atoms with Gasteiger partial charge in [-0.1, -0.05) is 48.9 Å². The van der Waals surface area contributed by atoms with Gasteiger partial charge < -0.3 is 9.84 Å². The number of hydrogen-bond acceptors (Lipinski definition) is 7. The second-order valence-electron chi connectivity index (χ2n) is 10.3. The zero-order chi connectivity index (χ0) is 28.8. The van der Waals surface area contributed by atoms with Crippen LogP contribution >= 0.6 is 11.3 Å².